The van der Waals surface area contributed by atoms with Crippen molar-refractivity contribution in [3.63, 3.8) is 0 Å². The molecule has 0 spiro atoms. The predicted molar refractivity (Wildman–Crippen MR) is 85.9 cm³/mol. The van der Waals surface area contributed by atoms with Gasteiger partial charge in [-0.2, -0.15) is 0 Å². The van der Waals surface area contributed by atoms with Crippen LogP contribution in [0.3, 0.4) is 0 Å². The zero-order valence-electron chi connectivity index (χ0n) is 11.9. The molecule has 104 valence electrons. The first-order chi connectivity index (χ1) is 9.47. The van der Waals surface area contributed by atoms with E-state index in [1.165, 1.54) is 0 Å². The fraction of sp³-hybridized carbons (Fsp3) is 0.267. The lowest BCUT2D eigenvalue weighted by atomic mass is 10.1. The Balaban J connectivity index is 2.23. The zero-order chi connectivity index (χ0) is 14.7. The van der Waals surface area contributed by atoms with Crippen molar-refractivity contribution in [3.05, 3.63) is 53.0 Å². The van der Waals surface area contributed by atoms with Crippen LogP contribution in [0.2, 0.25) is 0 Å². The van der Waals surface area contributed by atoms with Gasteiger partial charge in [-0.15, -0.1) is 0 Å². The van der Waals surface area contributed by atoms with Crippen LogP contribution in [0.1, 0.15) is 22.5 Å². The van der Waals surface area contributed by atoms with E-state index in [1.54, 1.807) is 6.20 Å². The summed E-state index contributed by atoms with van der Waals surface area (Å²) in [7, 11) is 2.00. The molecule has 0 aliphatic carbocycles. The van der Waals surface area contributed by atoms with E-state index in [-0.39, 0.29) is 0 Å². The highest BCUT2D eigenvalue weighted by Crippen LogP contribution is 2.17. The molecule has 2 N–H and O–H groups in total. The third-order valence-electron chi connectivity index (χ3n) is 3.04. The van der Waals surface area contributed by atoms with Gasteiger partial charge in [-0.25, -0.2) is 4.98 Å². The first-order valence-corrected chi connectivity index (χ1v) is 6.78. The SMILES string of the molecule is Cc1cnc(C)c(N(C)Cc2cccc(C(N)=S)c2)n1. The molecule has 0 fully saturated rings. The molecule has 0 saturated heterocycles. The summed E-state index contributed by atoms with van der Waals surface area (Å²) in [6.45, 7) is 4.64. The Kier molecular flexibility index (Phi) is 4.29. The second-order valence-corrected chi connectivity index (χ2v) is 5.28. The predicted octanol–water partition coefficient (Wildman–Crippen LogP) is 2.36. The first-order valence-electron chi connectivity index (χ1n) is 6.37. The van der Waals surface area contributed by atoms with Crippen molar-refractivity contribution in [2.45, 2.75) is 20.4 Å². The second-order valence-electron chi connectivity index (χ2n) is 4.84. The quantitative estimate of drug-likeness (QED) is 0.875. The van der Waals surface area contributed by atoms with Gasteiger partial charge in [-0.3, -0.25) is 4.98 Å². The van der Waals surface area contributed by atoms with Gasteiger partial charge in [-0.05, 0) is 25.5 Å². The average molecular weight is 286 g/mol. The molecule has 5 heteroatoms. The van der Waals surface area contributed by atoms with Crippen molar-refractivity contribution in [2.24, 2.45) is 5.73 Å². The summed E-state index contributed by atoms with van der Waals surface area (Å²) in [4.78, 5) is 11.4. The third kappa shape index (κ3) is 3.30. The van der Waals surface area contributed by atoms with Crippen LogP contribution in [0.15, 0.2) is 30.5 Å². The summed E-state index contributed by atoms with van der Waals surface area (Å²) < 4.78 is 0. The van der Waals surface area contributed by atoms with Crippen molar-refractivity contribution >= 4 is 23.0 Å². The molecule has 0 aliphatic heterocycles. The summed E-state index contributed by atoms with van der Waals surface area (Å²) in [5.41, 5.74) is 9.52. The van der Waals surface area contributed by atoms with E-state index in [0.717, 1.165) is 34.9 Å². The van der Waals surface area contributed by atoms with Gasteiger partial charge >= 0.3 is 0 Å². The van der Waals surface area contributed by atoms with Crippen LogP contribution in [-0.4, -0.2) is 22.0 Å². The van der Waals surface area contributed by atoms with Crippen molar-refractivity contribution in [3.8, 4) is 0 Å². The molecule has 0 unspecified atom stereocenters. The minimum absolute atomic E-state index is 0.418. The molecular weight excluding hydrogens is 268 g/mol. The number of thiocarbonyl (C=S) groups is 1. The average Bonchev–Trinajstić information content (AvgIpc) is 2.41. The lowest BCUT2D eigenvalue weighted by Crippen LogP contribution is -2.20. The fourth-order valence-electron chi connectivity index (χ4n) is 2.06. The third-order valence-corrected chi connectivity index (χ3v) is 3.28. The van der Waals surface area contributed by atoms with Crippen LogP contribution in [0.4, 0.5) is 5.82 Å². The van der Waals surface area contributed by atoms with Gasteiger partial charge in [0.2, 0.25) is 0 Å². The van der Waals surface area contributed by atoms with E-state index in [9.17, 15) is 0 Å². The zero-order valence-corrected chi connectivity index (χ0v) is 12.7. The molecule has 4 nitrogen and oxygen atoms in total. The smallest absolute Gasteiger partial charge is 0.150 e. The highest BCUT2D eigenvalue weighted by atomic mass is 32.1. The van der Waals surface area contributed by atoms with Gasteiger partial charge in [0.05, 0.1) is 11.4 Å². The molecule has 0 aliphatic rings. The summed E-state index contributed by atoms with van der Waals surface area (Å²) in [5.74, 6) is 0.894. The molecule has 1 aromatic carbocycles. The maximum Gasteiger partial charge on any atom is 0.150 e. The van der Waals surface area contributed by atoms with E-state index >= 15 is 0 Å². The van der Waals surface area contributed by atoms with E-state index < -0.39 is 0 Å². The molecule has 0 amide bonds. The molecule has 0 bridgehead atoms. The molecule has 0 atom stereocenters. The molecule has 1 heterocycles. The molecule has 2 rings (SSSR count). The van der Waals surface area contributed by atoms with Crippen LogP contribution in [0.25, 0.3) is 0 Å². The molecule has 1 aromatic heterocycles. The molecule has 2 aromatic rings. The lowest BCUT2D eigenvalue weighted by Gasteiger charge is -2.20. The van der Waals surface area contributed by atoms with Gasteiger partial charge in [0, 0.05) is 25.4 Å². The number of rotatable bonds is 4. The standard InChI is InChI=1S/C15H18N4S/c1-10-8-17-11(2)15(18-10)19(3)9-12-5-4-6-13(7-12)14(16)20/h4-8H,9H2,1-3H3,(H2,16,20). The van der Waals surface area contributed by atoms with Crippen molar-refractivity contribution in [1.82, 2.24) is 9.97 Å². The lowest BCUT2D eigenvalue weighted by molar-refractivity contribution is 0.869. The molecule has 0 saturated carbocycles. The van der Waals surface area contributed by atoms with Crippen LogP contribution in [-0.2, 0) is 6.54 Å². The van der Waals surface area contributed by atoms with Crippen LogP contribution in [0.5, 0.6) is 0 Å². The Morgan fingerprint density at radius 3 is 2.80 bits per heavy atom. The summed E-state index contributed by atoms with van der Waals surface area (Å²) in [5, 5.41) is 0. The first kappa shape index (κ1) is 14.4. The van der Waals surface area contributed by atoms with E-state index in [2.05, 4.69) is 20.9 Å². The van der Waals surface area contributed by atoms with Gasteiger partial charge in [0.15, 0.2) is 0 Å². The minimum Gasteiger partial charge on any atom is -0.389 e. The molecule has 20 heavy (non-hydrogen) atoms. The number of anilines is 1. The van der Waals surface area contributed by atoms with E-state index in [0.29, 0.717) is 4.99 Å². The van der Waals surface area contributed by atoms with Gasteiger partial charge in [0.1, 0.15) is 10.8 Å². The van der Waals surface area contributed by atoms with Crippen LogP contribution >= 0.6 is 12.2 Å². The van der Waals surface area contributed by atoms with E-state index in [4.69, 9.17) is 18.0 Å². The fourth-order valence-corrected chi connectivity index (χ4v) is 2.19. The molecular formula is C15H18N4S. The Bertz CT molecular complexity index is 640. The number of aromatic nitrogens is 2. The van der Waals surface area contributed by atoms with Crippen molar-refractivity contribution < 1.29 is 0 Å². The summed E-state index contributed by atoms with van der Waals surface area (Å²) in [6, 6.07) is 7.95. The summed E-state index contributed by atoms with van der Waals surface area (Å²) >= 11 is 5.01. The highest BCUT2D eigenvalue weighted by molar-refractivity contribution is 7.80. The highest BCUT2D eigenvalue weighted by Gasteiger charge is 2.09. The Hall–Kier alpha value is -2.01. The Morgan fingerprint density at radius 1 is 1.35 bits per heavy atom. The van der Waals surface area contributed by atoms with Gasteiger partial charge in [-0.1, -0.05) is 30.4 Å². The number of nitrogens with two attached hydrogens (primary N) is 1. The second kappa shape index (κ2) is 5.96. The largest absolute Gasteiger partial charge is 0.389 e. The van der Waals surface area contributed by atoms with E-state index in [1.807, 2.05) is 39.1 Å². The van der Waals surface area contributed by atoms with Gasteiger partial charge in [0.25, 0.3) is 0 Å². The number of hydrogen-bond donors (Lipinski definition) is 1. The topological polar surface area (TPSA) is 55.0 Å². The normalized spacial score (nSPS) is 10.3. The minimum atomic E-state index is 0.418. The van der Waals surface area contributed by atoms with Crippen LogP contribution < -0.4 is 10.6 Å². The number of benzene rings is 1. The maximum absolute atomic E-state index is 5.66. The van der Waals surface area contributed by atoms with Crippen molar-refractivity contribution in [2.75, 3.05) is 11.9 Å². The number of aryl methyl sites for hydroxylation is 2. The van der Waals surface area contributed by atoms with Crippen LogP contribution in [0, 0.1) is 13.8 Å². The Labute approximate surface area is 124 Å². The Morgan fingerprint density at radius 2 is 2.10 bits per heavy atom. The monoisotopic (exact) mass is 286 g/mol. The number of nitrogens with zero attached hydrogens (tertiary/aromatic N) is 3. The molecule has 0 radical (unpaired) electrons. The van der Waals surface area contributed by atoms with Gasteiger partial charge < -0.3 is 10.6 Å². The number of hydrogen-bond acceptors (Lipinski definition) is 4. The maximum atomic E-state index is 5.66. The summed E-state index contributed by atoms with van der Waals surface area (Å²) in [6.07, 6.45) is 1.78. The van der Waals surface area contributed by atoms with Crippen molar-refractivity contribution in [1.29, 1.82) is 0 Å².